The van der Waals surface area contributed by atoms with Gasteiger partial charge in [0.25, 0.3) is 0 Å². The van der Waals surface area contributed by atoms with Gasteiger partial charge in [-0.25, -0.2) is 4.79 Å². The number of carbonyl (C=O) groups is 2. The molecule has 44 heavy (non-hydrogen) atoms. The summed E-state index contributed by atoms with van der Waals surface area (Å²) in [6, 6.07) is 0. The summed E-state index contributed by atoms with van der Waals surface area (Å²) < 4.78 is 25.0. The summed E-state index contributed by atoms with van der Waals surface area (Å²) in [5, 5.41) is 40.5. The highest BCUT2D eigenvalue weighted by Crippen LogP contribution is 2.75. The predicted molar refractivity (Wildman–Crippen MR) is 156 cm³/mol. The first-order chi connectivity index (χ1) is 20.7. The molecule has 3 aliphatic heterocycles. The minimum absolute atomic E-state index is 0.0758. The van der Waals surface area contributed by atoms with Gasteiger partial charge in [-0.05, 0) is 84.0 Å². The van der Waals surface area contributed by atoms with Crippen molar-refractivity contribution in [3.63, 3.8) is 0 Å². The topological polar surface area (TPSA) is 152 Å². The van der Waals surface area contributed by atoms with Gasteiger partial charge >= 0.3 is 5.97 Å². The molecule has 10 nitrogen and oxygen atoms in total. The molecule has 14 atom stereocenters. The van der Waals surface area contributed by atoms with E-state index in [0.29, 0.717) is 18.4 Å². The highest BCUT2D eigenvalue weighted by molar-refractivity contribution is 5.90. The molecule has 0 radical (unpaired) electrons. The first-order valence-electron chi connectivity index (χ1n) is 16.5. The fourth-order valence-electron chi connectivity index (χ4n) is 11.0. The standard InChI is InChI=1S/C34H48O10/c1-16-12-25(43-29(40)17(16)2)33(5)23-9-11-34(44-33)21-7-6-18-13-19(41-30-28(39)27(38)26(37)22(15-35)42-30)14-24(36)32(18,4)20(21)8-10-31(23,34)3/h6,19-23,25-28,30,35,37-39H,7-15H2,1-5H3. The molecule has 14 unspecified atom stereocenters. The Morgan fingerprint density at radius 1 is 0.955 bits per heavy atom. The average Bonchev–Trinajstić information content (AvgIpc) is 3.40. The number of Topliss-reactive ketones (excluding diaryl/α,β-unsaturated/α-hetero) is 1. The Hall–Kier alpha value is -1.66. The number of cyclic esters (lactones) is 1. The zero-order valence-corrected chi connectivity index (χ0v) is 26.5. The molecule has 7 aliphatic rings. The minimum atomic E-state index is -1.53. The number of fused-ring (bicyclic) bond motifs is 3. The third-order valence-corrected chi connectivity index (χ3v) is 13.7. The van der Waals surface area contributed by atoms with Gasteiger partial charge in [-0.15, -0.1) is 0 Å². The van der Waals surface area contributed by atoms with Gasteiger partial charge < -0.3 is 39.4 Å². The molecule has 7 rings (SSSR count). The van der Waals surface area contributed by atoms with Crippen LogP contribution in [0.25, 0.3) is 0 Å². The second-order valence-corrected chi connectivity index (χ2v) is 15.4. The van der Waals surface area contributed by atoms with Crippen molar-refractivity contribution in [1.82, 2.24) is 0 Å². The zero-order chi connectivity index (χ0) is 31.6. The van der Waals surface area contributed by atoms with Crippen molar-refractivity contribution in [1.29, 1.82) is 0 Å². The molecular formula is C34H48O10. The van der Waals surface area contributed by atoms with Crippen LogP contribution < -0.4 is 0 Å². The summed E-state index contributed by atoms with van der Waals surface area (Å²) in [7, 11) is 0. The van der Waals surface area contributed by atoms with Gasteiger partial charge in [0.05, 0.1) is 23.7 Å². The van der Waals surface area contributed by atoms with Gasteiger partial charge in [-0.1, -0.05) is 24.1 Å². The number of aliphatic hydroxyl groups excluding tert-OH is 4. The SMILES string of the molecule is CC1=C(C)C(=O)OC(C2(C)OC34CCC2C3(C)CCC2C4CC=C3CC(OC4OC(CO)C(O)C(O)C4O)CC(=O)C32C)C1. The van der Waals surface area contributed by atoms with E-state index in [9.17, 15) is 30.0 Å². The van der Waals surface area contributed by atoms with Crippen molar-refractivity contribution in [2.45, 2.75) is 140 Å². The molecule has 4 aliphatic carbocycles. The van der Waals surface area contributed by atoms with Crippen LogP contribution in [0.2, 0.25) is 0 Å². The van der Waals surface area contributed by atoms with Gasteiger partial charge in [-0.3, -0.25) is 4.79 Å². The molecule has 2 bridgehead atoms. The van der Waals surface area contributed by atoms with Gasteiger partial charge in [-0.2, -0.15) is 0 Å². The number of carbonyl (C=O) groups excluding carboxylic acids is 2. The van der Waals surface area contributed by atoms with Crippen molar-refractivity contribution in [3.05, 3.63) is 22.8 Å². The maximum absolute atomic E-state index is 14.2. The lowest BCUT2D eigenvalue weighted by Gasteiger charge is -2.60. The van der Waals surface area contributed by atoms with Crippen LogP contribution >= 0.6 is 0 Å². The largest absolute Gasteiger partial charge is 0.456 e. The van der Waals surface area contributed by atoms with Crippen LogP contribution in [0.3, 0.4) is 0 Å². The quantitative estimate of drug-likeness (QED) is 0.274. The lowest BCUT2D eigenvalue weighted by molar-refractivity contribution is -0.312. The summed E-state index contributed by atoms with van der Waals surface area (Å²) in [5.74, 6) is 0.367. The van der Waals surface area contributed by atoms with Crippen LogP contribution in [0.1, 0.15) is 86.0 Å². The van der Waals surface area contributed by atoms with Crippen LogP contribution in [-0.4, -0.2) is 92.9 Å². The molecule has 0 aromatic rings. The zero-order valence-electron chi connectivity index (χ0n) is 26.5. The highest BCUT2D eigenvalue weighted by Gasteiger charge is 2.78. The van der Waals surface area contributed by atoms with E-state index < -0.39 is 60.0 Å². The van der Waals surface area contributed by atoms with Crippen molar-refractivity contribution in [3.8, 4) is 0 Å². The fourth-order valence-corrected chi connectivity index (χ4v) is 11.0. The molecule has 0 aromatic carbocycles. The summed E-state index contributed by atoms with van der Waals surface area (Å²) in [6.07, 6.45) is 0.404. The number of ether oxygens (including phenoxy) is 4. The van der Waals surface area contributed by atoms with Crippen molar-refractivity contribution in [2.75, 3.05) is 6.61 Å². The Balaban J connectivity index is 1.15. The van der Waals surface area contributed by atoms with Gasteiger partial charge in [0.2, 0.25) is 0 Å². The van der Waals surface area contributed by atoms with Gasteiger partial charge in [0.1, 0.15) is 41.9 Å². The monoisotopic (exact) mass is 616 g/mol. The van der Waals surface area contributed by atoms with Crippen LogP contribution in [0.15, 0.2) is 22.8 Å². The maximum atomic E-state index is 14.2. The second-order valence-electron chi connectivity index (χ2n) is 15.4. The molecule has 0 amide bonds. The number of hydrogen-bond acceptors (Lipinski definition) is 10. The number of aliphatic hydroxyl groups is 4. The maximum Gasteiger partial charge on any atom is 0.334 e. The van der Waals surface area contributed by atoms with Crippen molar-refractivity contribution in [2.24, 2.45) is 28.6 Å². The third kappa shape index (κ3) is 3.91. The average molecular weight is 617 g/mol. The lowest BCUT2D eigenvalue weighted by Crippen LogP contribution is -2.62. The Morgan fingerprint density at radius 2 is 1.70 bits per heavy atom. The van der Waals surface area contributed by atoms with Crippen LogP contribution in [0.4, 0.5) is 0 Å². The molecule has 244 valence electrons. The van der Waals surface area contributed by atoms with E-state index >= 15 is 0 Å². The minimum Gasteiger partial charge on any atom is -0.456 e. The van der Waals surface area contributed by atoms with Crippen molar-refractivity contribution < 1.29 is 49.0 Å². The van der Waals surface area contributed by atoms with Crippen LogP contribution in [-0.2, 0) is 28.5 Å². The Morgan fingerprint density at radius 3 is 2.41 bits per heavy atom. The molecule has 5 fully saturated rings. The summed E-state index contributed by atoms with van der Waals surface area (Å²) in [6.45, 7) is 9.92. The van der Waals surface area contributed by atoms with E-state index in [1.54, 1.807) is 0 Å². The molecule has 3 saturated carbocycles. The molecule has 0 spiro atoms. The first kappa shape index (κ1) is 31.0. The van der Waals surface area contributed by atoms with E-state index in [1.165, 1.54) is 0 Å². The molecule has 3 heterocycles. The Bertz CT molecular complexity index is 1310. The smallest absolute Gasteiger partial charge is 0.334 e. The molecule has 10 heteroatoms. The normalized spacial score (nSPS) is 53.5. The van der Waals surface area contributed by atoms with E-state index in [0.717, 1.165) is 43.3 Å². The summed E-state index contributed by atoms with van der Waals surface area (Å²) in [4.78, 5) is 26.9. The first-order valence-corrected chi connectivity index (χ1v) is 16.5. The highest BCUT2D eigenvalue weighted by atomic mass is 16.7. The number of esters is 1. The number of ketones is 1. The number of rotatable bonds is 4. The van der Waals surface area contributed by atoms with E-state index in [-0.39, 0.29) is 47.4 Å². The predicted octanol–water partition coefficient (Wildman–Crippen LogP) is 2.49. The Labute approximate surface area is 258 Å². The van der Waals surface area contributed by atoms with Gasteiger partial charge in [0, 0.05) is 23.8 Å². The Kier molecular flexibility index (Phi) is 7.16. The number of allylic oxidation sites excluding steroid dienone is 1. The van der Waals surface area contributed by atoms with E-state index in [1.807, 2.05) is 13.8 Å². The van der Waals surface area contributed by atoms with E-state index in [4.69, 9.17) is 18.9 Å². The van der Waals surface area contributed by atoms with E-state index in [2.05, 4.69) is 26.8 Å². The summed E-state index contributed by atoms with van der Waals surface area (Å²) >= 11 is 0. The molecule has 0 aromatic heterocycles. The lowest BCUT2D eigenvalue weighted by atomic mass is 9.46. The summed E-state index contributed by atoms with van der Waals surface area (Å²) in [5.41, 5.74) is 1.06. The van der Waals surface area contributed by atoms with Crippen molar-refractivity contribution >= 4 is 11.8 Å². The van der Waals surface area contributed by atoms with Crippen LogP contribution in [0.5, 0.6) is 0 Å². The molecule has 2 saturated heterocycles. The second kappa shape index (κ2) is 10.2. The number of hydrogen-bond donors (Lipinski definition) is 4. The molecule has 4 N–H and O–H groups in total. The fraction of sp³-hybridized carbons (Fsp3) is 0.824. The van der Waals surface area contributed by atoms with Crippen LogP contribution in [0, 0.1) is 28.6 Å². The molecular weight excluding hydrogens is 568 g/mol. The third-order valence-electron chi connectivity index (χ3n) is 13.7. The van der Waals surface area contributed by atoms with Gasteiger partial charge in [0.15, 0.2) is 6.29 Å².